The van der Waals surface area contributed by atoms with E-state index in [1.54, 1.807) is 0 Å². The van der Waals surface area contributed by atoms with Crippen molar-refractivity contribution in [1.82, 2.24) is 10.6 Å². The van der Waals surface area contributed by atoms with Crippen molar-refractivity contribution >= 4 is 24.8 Å². The fourth-order valence-electron chi connectivity index (χ4n) is 2.37. The van der Waals surface area contributed by atoms with Gasteiger partial charge in [-0.15, -0.1) is 24.8 Å². The van der Waals surface area contributed by atoms with Crippen LogP contribution in [0.5, 0.6) is 5.75 Å². The summed E-state index contributed by atoms with van der Waals surface area (Å²) in [7, 11) is 0. The Morgan fingerprint density at radius 2 is 1.81 bits per heavy atom. The standard InChI is InChI=1S/C15H24N2O2.2ClH/c18-9-10-19-15-3-1-13(2-4-15)11-17-12-14-5-7-16-8-6-14;;/h1-4,14,16-18H,5-12H2;2*1H. The van der Waals surface area contributed by atoms with E-state index in [1.807, 2.05) is 12.1 Å². The Labute approximate surface area is 139 Å². The van der Waals surface area contributed by atoms with Crippen molar-refractivity contribution in [2.75, 3.05) is 32.8 Å². The van der Waals surface area contributed by atoms with Gasteiger partial charge in [-0.05, 0) is 56.1 Å². The van der Waals surface area contributed by atoms with Crippen molar-refractivity contribution in [1.29, 1.82) is 0 Å². The molecule has 21 heavy (non-hydrogen) atoms. The summed E-state index contributed by atoms with van der Waals surface area (Å²) in [5.41, 5.74) is 1.27. The fourth-order valence-corrected chi connectivity index (χ4v) is 2.37. The van der Waals surface area contributed by atoms with Gasteiger partial charge in [-0.3, -0.25) is 0 Å². The molecule has 1 heterocycles. The van der Waals surface area contributed by atoms with Crippen LogP contribution in [0.25, 0.3) is 0 Å². The van der Waals surface area contributed by atoms with Gasteiger partial charge in [0.1, 0.15) is 12.4 Å². The van der Waals surface area contributed by atoms with Gasteiger partial charge in [0, 0.05) is 6.54 Å². The predicted octanol–water partition coefficient (Wildman–Crippen LogP) is 1.99. The van der Waals surface area contributed by atoms with Gasteiger partial charge in [0.2, 0.25) is 0 Å². The molecule has 0 radical (unpaired) electrons. The molecule has 1 aromatic rings. The lowest BCUT2D eigenvalue weighted by atomic mass is 9.98. The third-order valence-electron chi connectivity index (χ3n) is 3.50. The average Bonchev–Trinajstić information content (AvgIpc) is 2.47. The van der Waals surface area contributed by atoms with Crippen LogP contribution in [0.4, 0.5) is 0 Å². The molecule has 0 bridgehead atoms. The van der Waals surface area contributed by atoms with Crippen LogP contribution in [0.2, 0.25) is 0 Å². The second kappa shape index (κ2) is 12.1. The summed E-state index contributed by atoms with van der Waals surface area (Å²) in [6, 6.07) is 8.05. The zero-order valence-electron chi connectivity index (χ0n) is 12.2. The molecule has 0 aromatic heterocycles. The Kier molecular flexibility index (Phi) is 11.8. The summed E-state index contributed by atoms with van der Waals surface area (Å²) in [5.74, 6) is 1.63. The van der Waals surface area contributed by atoms with E-state index < -0.39 is 0 Å². The minimum absolute atomic E-state index is 0. The molecular weight excluding hydrogens is 311 g/mol. The molecule has 1 saturated heterocycles. The first-order valence-electron chi connectivity index (χ1n) is 7.12. The molecule has 1 aromatic carbocycles. The zero-order valence-corrected chi connectivity index (χ0v) is 13.8. The summed E-state index contributed by atoms with van der Waals surface area (Å²) >= 11 is 0. The van der Waals surface area contributed by atoms with Crippen molar-refractivity contribution in [3.05, 3.63) is 29.8 Å². The molecule has 0 saturated carbocycles. The molecule has 0 unspecified atom stereocenters. The van der Waals surface area contributed by atoms with E-state index in [-0.39, 0.29) is 31.4 Å². The van der Waals surface area contributed by atoms with E-state index in [0.717, 1.165) is 37.8 Å². The monoisotopic (exact) mass is 336 g/mol. The van der Waals surface area contributed by atoms with Crippen LogP contribution in [0.15, 0.2) is 24.3 Å². The Bertz CT molecular complexity index is 357. The molecule has 2 rings (SSSR count). The molecule has 122 valence electrons. The van der Waals surface area contributed by atoms with Gasteiger partial charge >= 0.3 is 0 Å². The molecule has 0 atom stereocenters. The zero-order chi connectivity index (χ0) is 13.3. The predicted molar refractivity (Wildman–Crippen MR) is 90.8 cm³/mol. The molecule has 0 aliphatic carbocycles. The first-order valence-corrected chi connectivity index (χ1v) is 7.12. The highest BCUT2D eigenvalue weighted by Crippen LogP contribution is 2.13. The highest BCUT2D eigenvalue weighted by Gasteiger charge is 2.11. The quantitative estimate of drug-likeness (QED) is 0.712. The van der Waals surface area contributed by atoms with Crippen LogP contribution < -0.4 is 15.4 Å². The maximum absolute atomic E-state index is 8.68. The Hall–Kier alpha value is -0.520. The minimum Gasteiger partial charge on any atom is -0.491 e. The van der Waals surface area contributed by atoms with Crippen LogP contribution in [-0.2, 0) is 6.54 Å². The summed E-state index contributed by atoms with van der Waals surface area (Å²) < 4.78 is 5.33. The molecule has 0 spiro atoms. The fraction of sp³-hybridized carbons (Fsp3) is 0.600. The van der Waals surface area contributed by atoms with E-state index in [9.17, 15) is 0 Å². The van der Waals surface area contributed by atoms with Crippen molar-refractivity contribution in [2.45, 2.75) is 19.4 Å². The lowest BCUT2D eigenvalue weighted by Gasteiger charge is -2.22. The molecule has 3 N–H and O–H groups in total. The van der Waals surface area contributed by atoms with Gasteiger partial charge in [0.25, 0.3) is 0 Å². The van der Waals surface area contributed by atoms with Gasteiger partial charge in [0.05, 0.1) is 6.61 Å². The van der Waals surface area contributed by atoms with Gasteiger partial charge in [-0.25, -0.2) is 0 Å². The summed E-state index contributed by atoms with van der Waals surface area (Å²) in [4.78, 5) is 0. The van der Waals surface area contributed by atoms with Crippen LogP contribution in [0, 0.1) is 5.92 Å². The second-order valence-electron chi connectivity index (χ2n) is 5.04. The molecular formula is C15H26Cl2N2O2. The largest absolute Gasteiger partial charge is 0.491 e. The van der Waals surface area contributed by atoms with Crippen LogP contribution >= 0.6 is 24.8 Å². The number of benzene rings is 1. The maximum atomic E-state index is 8.68. The highest BCUT2D eigenvalue weighted by molar-refractivity contribution is 5.85. The number of halogens is 2. The number of rotatable bonds is 7. The number of aliphatic hydroxyl groups is 1. The van der Waals surface area contributed by atoms with E-state index in [1.165, 1.54) is 18.4 Å². The van der Waals surface area contributed by atoms with Gasteiger partial charge in [-0.2, -0.15) is 0 Å². The number of piperidine rings is 1. The van der Waals surface area contributed by atoms with Crippen LogP contribution in [0.1, 0.15) is 18.4 Å². The van der Waals surface area contributed by atoms with Crippen LogP contribution in [0.3, 0.4) is 0 Å². The van der Waals surface area contributed by atoms with Crippen molar-refractivity contribution in [3.63, 3.8) is 0 Å². The Morgan fingerprint density at radius 1 is 1.14 bits per heavy atom. The Morgan fingerprint density at radius 3 is 2.43 bits per heavy atom. The maximum Gasteiger partial charge on any atom is 0.119 e. The average molecular weight is 337 g/mol. The smallest absolute Gasteiger partial charge is 0.119 e. The first kappa shape index (κ1) is 20.5. The minimum atomic E-state index is 0. The van der Waals surface area contributed by atoms with E-state index >= 15 is 0 Å². The third kappa shape index (κ3) is 7.88. The number of aliphatic hydroxyl groups excluding tert-OH is 1. The Balaban J connectivity index is 0.00000200. The number of ether oxygens (including phenoxy) is 1. The molecule has 1 fully saturated rings. The van der Waals surface area contributed by atoms with Gasteiger partial charge < -0.3 is 20.5 Å². The van der Waals surface area contributed by atoms with Crippen LogP contribution in [-0.4, -0.2) is 38.0 Å². The number of nitrogens with one attached hydrogen (secondary N) is 2. The summed E-state index contributed by atoms with van der Waals surface area (Å²) in [6.07, 6.45) is 2.56. The normalized spacial score (nSPS) is 14.9. The lowest BCUT2D eigenvalue weighted by molar-refractivity contribution is 0.201. The molecule has 6 heteroatoms. The highest BCUT2D eigenvalue weighted by atomic mass is 35.5. The van der Waals surface area contributed by atoms with Gasteiger partial charge in [-0.1, -0.05) is 12.1 Å². The molecule has 1 aliphatic heterocycles. The van der Waals surface area contributed by atoms with E-state index in [2.05, 4.69) is 22.8 Å². The van der Waals surface area contributed by atoms with Crippen molar-refractivity contribution in [2.24, 2.45) is 5.92 Å². The molecule has 1 aliphatic rings. The van der Waals surface area contributed by atoms with Crippen molar-refractivity contribution < 1.29 is 9.84 Å². The third-order valence-corrected chi connectivity index (χ3v) is 3.50. The number of hydrogen-bond acceptors (Lipinski definition) is 4. The summed E-state index contributed by atoms with van der Waals surface area (Å²) in [5, 5.41) is 15.6. The van der Waals surface area contributed by atoms with Gasteiger partial charge in [0.15, 0.2) is 0 Å². The topological polar surface area (TPSA) is 53.5 Å². The molecule has 0 amide bonds. The van der Waals surface area contributed by atoms with E-state index in [0.29, 0.717) is 6.61 Å². The SMILES string of the molecule is Cl.Cl.OCCOc1ccc(CNCC2CCNCC2)cc1. The summed E-state index contributed by atoms with van der Waals surface area (Å²) in [6.45, 7) is 4.73. The van der Waals surface area contributed by atoms with E-state index in [4.69, 9.17) is 9.84 Å². The molecule has 4 nitrogen and oxygen atoms in total. The number of hydrogen-bond donors (Lipinski definition) is 3. The second-order valence-corrected chi connectivity index (χ2v) is 5.04. The first-order chi connectivity index (χ1) is 9.38. The van der Waals surface area contributed by atoms with Crippen molar-refractivity contribution in [3.8, 4) is 5.75 Å². The lowest BCUT2D eigenvalue weighted by Crippen LogP contribution is -2.33.